The van der Waals surface area contributed by atoms with Crippen LogP contribution in [0.2, 0.25) is 0 Å². The molecule has 0 saturated carbocycles. The van der Waals surface area contributed by atoms with Crippen LogP contribution < -0.4 is 0 Å². The Labute approximate surface area is 99.3 Å². The third-order valence-corrected chi connectivity index (χ3v) is 7.52. The Hall–Kier alpha value is 0.390. The fourth-order valence-electron chi connectivity index (χ4n) is 2.96. The summed E-state index contributed by atoms with van der Waals surface area (Å²) in [4.78, 5) is 0. The summed E-state index contributed by atoms with van der Waals surface area (Å²) in [5, 5.41) is 9.76. The molecular formula is C10H17BrO3S. The molecule has 0 aromatic heterocycles. The predicted molar refractivity (Wildman–Crippen MR) is 62.8 cm³/mol. The van der Waals surface area contributed by atoms with Gasteiger partial charge in [-0.25, -0.2) is 8.42 Å². The molecule has 3 atom stereocenters. The van der Waals surface area contributed by atoms with Crippen LogP contribution in [0.4, 0.5) is 0 Å². The molecule has 0 aromatic carbocycles. The minimum Gasteiger partial charge on any atom is -0.396 e. The molecule has 2 saturated heterocycles. The van der Waals surface area contributed by atoms with Crippen LogP contribution in [0, 0.1) is 11.8 Å². The summed E-state index contributed by atoms with van der Waals surface area (Å²) in [6.07, 6.45) is 3.19. The lowest BCUT2D eigenvalue weighted by atomic mass is 9.87. The standard InChI is InChI=1S/C10H17BrO3S/c11-5-8(6-12)7-3-9-1-2-10(4-7)15(9,13)14/h7-10,12H,1-6H2. The van der Waals surface area contributed by atoms with Gasteiger partial charge in [-0.1, -0.05) is 15.9 Å². The second-order valence-electron chi connectivity index (χ2n) is 4.74. The molecule has 0 amide bonds. The van der Waals surface area contributed by atoms with E-state index in [1.807, 2.05) is 0 Å². The molecule has 3 nitrogen and oxygen atoms in total. The van der Waals surface area contributed by atoms with Gasteiger partial charge in [0.1, 0.15) is 0 Å². The lowest BCUT2D eigenvalue weighted by Crippen LogP contribution is -2.37. The lowest BCUT2D eigenvalue weighted by molar-refractivity contribution is 0.179. The van der Waals surface area contributed by atoms with Crippen molar-refractivity contribution in [1.29, 1.82) is 0 Å². The van der Waals surface area contributed by atoms with Gasteiger partial charge < -0.3 is 5.11 Å². The lowest BCUT2D eigenvalue weighted by Gasteiger charge is -2.32. The number of rotatable bonds is 3. The van der Waals surface area contributed by atoms with Crippen molar-refractivity contribution < 1.29 is 13.5 Å². The first kappa shape index (κ1) is 11.9. The zero-order chi connectivity index (χ0) is 11.1. The van der Waals surface area contributed by atoms with E-state index in [9.17, 15) is 13.5 Å². The third kappa shape index (κ3) is 1.98. The van der Waals surface area contributed by atoms with Gasteiger partial charge in [-0.3, -0.25) is 0 Å². The fraction of sp³-hybridized carbons (Fsp3) is 1.00. The molecule has 2 heterocycles. The maximum Gasteiger partial charge on any atom is 0.156 e. The van der Waals surface area contributed by atoms with Crippen molar-refractivity contribution in [3.8, 4) is 0 Å². The van der Waals surface area contributed by atoms with Crippen LogP contribution in [0.3, 0.4) is 0 Å². The highest BCUT2D eigenvalue weighted by atomic mass is 79.9. The minimum atomic E-state index is -2.81. The number of aliphatic hydroxyl groups is 1. The van der Waals surface area contributed by atoms with Gasteiger partial charge in [0.05, 0.1) is 10.5 Å². The third-order valence-electron chi connectivity index (χ3n) is 3.97. The number of fused-ring (bicyclic) bond motifs is 2. The van der Waals surface area contributed by atoms with Crippen molar-refractivity contribution in [1.82, 2.24) is 0 Å². The molecule has 0 aliphatic carbocycles. The van der Waals surface area contributed by atoms with Gasteiger partial charge >= 0.3 is 0 Å². The smallest absolute Gasteiger partial charge is 0.156 e. The van der Waals surface area contributed by atoms with Crippen molar-refractivity contribution in [3.63, 3.8) is 0 Å². The van der Waals surface area contributed by atoms with Gasteiger partial charge in [-0.05, 0) is 37.5 Å². The van der Waals surface area contributed by atoms with Crippen LogP contribution in [0.25, 0.3) is 0 Å². The van der Waals surface area contributed by atoms with Gasteiger partial charge in [-0.2, -0.15) is 0 Å². The molecule has 3 unspecified atom stereocenters. The Morgan fingerprint density at radius 3 is 2.20 bits per heavy atom. The molecule has 5 heteroatoms. The summed E-state index contributed by atoms with van der Waals surface area (Å²) in [6.45, 7) is 0.162. The van der Waals surface area contributed by atoms with Crippen LogP contribution in [-0.2, 0) is 9.84 Å². The molecule has 0 aromatic rings. The van der Waals surface area contributed by atoms with E-state index in [4.69, 9.17) is 0 Å². The van der Waals surface area contributed by atoms with E-state index in [0.29, 0.717) is 5.92 Å². The van der Waals surface area contributed by atoms with Crippen molar-refractivity contribution in [2.24, 2.45) is 11.8 Å². The summed E-state index contributed by atoms with van der Waals surface area (Å²) < 4.78 is 23.7. The summed E-state index contributed by atoms with van der Waals surface area (Å²) in [6, 6.07) is 0. The molecule has 2 fully saturated rings. The molecular weight excluding hydrogens is 280 g/mol. The molecule has 2 aliphatic heterocycles. The highest BCUT2D eigenvalue weighted by Crippen LogP contribution is 2.43. The number of sulfone groups is 1. The van der Waals surface area contributed by atoms with Crippen LogP contribution in [0.15, 0.2) is 0 Å². The predicted octanol–water partition coefficient (Wildman–Crippen LogP) is 1.35. The average Bonchev–Trinajstić information content (AvgIpc) is 2.43. The number of aliphatic hydroxyl groups excluding tert-OH is 1. The second kappa shape index (κ2) is 4.34. The molecule has 2 aliphatic rings. The van der Waals surface area contributed by atoms with Gasteiger partial charge in [0.2, 0.25) is 0 Å². The zero-order valence-electron chi connectivity index (χ0n) is 8.60. The Kier molecular flexibility index (Phi) is 3.43. The average molecular weight is 297 g/mol. The van der Waals surface area contributed by atoms with Crippen LogP contribution in [0.5, 0.6) is 0 Å². The van der Waals surface area contributed by atoms with Crippen molar-refractivity contribution in [2.75, 3.05) is 11.9 Å². The van der Waals surface area contributed by atoms with E-state index < -0.39 is 9.84 Å². The number of hydrogen-bond acceptors (Lipinski definition) is 3. The quantitative estimate of drug-likeness (QED) is 0.800. The second-order valence-corrected chi connectivity index (χ2v) is 7.90. The summed E-state index contributed by atoms with van der Waals surface area (Å²) in [5.74, 6) is 0.610. The Balaban J connectivity index is 2.12. The van der Waals surface area contributed by atoms with Crippen molar-refractivity contribution in [3.05, 3.63) is 0 Å². The van der Waals surface area contributed by atoms with Crippen LogP contribution in [0.1, 0.15) is 25.7 Å². The van der Waals surface area contributed by atoms with Crippen LogP contribution in [-0.4, -0.2) is 36.0 Å². The van der Waals surface area contributed by atoms with E-state index in [2.05, 4.69) is 15.9 Å². The normalized spacial score (nSPS) is 40.3. The van der Waals surface area contributed by atoms with E-state index in [1.54, 1.807) is 0 Å². The summed E-state index contributed by atoms with van der Waals surface area (Å²) in [5.41, 5.74) is 0. The first-order valence-corrected chi connectivity index (χ1v) is 8.22. The number of halogens is 1. The van der Waals surface area contributed by atoms with E-state index >= 15 is 0 Å². The zero-order valence-corrected chi connectivity index (χ0v) is 11.0. The maximum atomic E-state index is 11.8. The summed E-state index contributed by atoms with van der Waals surface area (Å²) in [7, 11) is -2.81. The number of hydrogen-bond donors (Lipinski definition) is 1. The van der Waals surface area contributed by atoms with Crippen LogP contribution >= 0.6 is 15.9 Å². The monoisotopic (exact) mass is 296 g/mol. The summed E-state index contributed by atoms with van der Waals surface area (Å²) >= 11 is 3.39. The van der Waals surface area contributed by atoms with Gasteiger partial charge in [0.25, 0.3) is 0 Å². The largest absolute Gasteiger partial charge is 0.396 e. The molecule has 2 rings (SSSR count). The van der Waals surface area contributed by atoms with Crippen molar-refractivity contribution in [2.45, 2.75) is 36.2 Å². The molecule has 2 bridgehead atoms. The van der Waals surface area contributed by atoms with E-state index in [1.165, 1.54) is 0 Å². The molecule has 15 heavy (non-hydrogen) atoms. The van der Waals surface area contributed by atoms with Gasteiger partial charge in [0.15, 0.2) is 9.84 Å². The number of alkyl halides is 1. The first-order chi connectivity index (χ1) is 7.09. The van der Waals surface area contributed by atoms with Gasteiger partial charge in [-0.15, -0.1) is 0 Å². The SMILES string of the molecule is O=S1(=O)C2CCC1CC(C(CO)CBr)C2. The Morgan fingerprint density at radius 1 is 1.27 bits per heavy atom. The minimum absolute atomic E-state index is 0.116. The molecule has 0 spiro atoms. The highest BCUT2D eigenvalue weighted by molar-refractivity contribution is 9.09. The van der Waals surface area contributed by atoms with E-state index in [0.717, 1.165) is 31.0 Å². The molecule has 0 radical (unpaired) electrons. The first-order valence-electron chi connectivity index (χ1n) is 5.49. The molecule has 88 valence electrons. The highest BCUT2D eigenvalue weighted by Gasteiger charge is 2.47. The Bertz CT molecular complexity index is 304. The molecule has 1 N–H and O–H groups in total. The maximum absolute atomic E-state index is 11.8. The fourth-order valence-corrected chi connectivity index (χ4v) is 6.19. The van der Waals surface area contributed by atoms with E-state index in [-0.39, 0.29) is 23.0 Å². The van der Waals surface area contributed by atoms with Gasteiger partial charge in [0, 0.05) is 11.9 Å². The topological polar surface area (TPSA) is 54.4 Å². The Morgan fingerprint density at radius 2 is 1.80 bits per heavy atom. The van der Waals surface area contributed by atoms with Crippen molar-refractivity contribution >= 4 is 25.8 Å².